The second kappa shape index (κ2) is 9.57. The number of carbonyl (C=O) groups excluding carboxylic acids is 2. The molecule has 1 aliphatic heterocycles. The van der Waals surface area contributed by atoms with Crippen molar-refractivity contribution in [2.75, 3.05) is 26.8 Å². The van der Waals surface area contributed by atoms with E-state index >= 15 is 0 Å². The second-order valence-electron chi connectivity index (χ2n) is 8.44. The molecule has 1 saturated heterocycles. The number of fused-ring (bicyclic) bond motifs is 3. The standard InChI is InChI=1S/C26H26N2O6/c1-3-8-22(23(29)28-14-13-26(16-28,33-2)24(30)31)27-25(32)34-15-21-19-11-6-4-9-17(19)18-10-5-7-12-20(18)21/h1,4-7,9-12,21-22H,8,13-16H2,2H3,(H,27,32)(H,30,31). The molecule has 0 saturated carbocycles. The molecule has 34 heavy (non-hydrogen) atoms. The lowest BCUT2D eigenvalue weighted by Gasteiger charge is -2.26. The molecule has 0 spiro atoms. The van der Waals surface area contributed by atoms with Crippen molar-refractivity contribution < 1.29 is 29.0 Å². The number of rotatable bonds is 7. The van der Waals surface area contributed by atoms with E-state index in [4.69, 9.17) is 15.9 Å². The molecule has 176 valence electrons. The van der Waals surface area contributed by atoms with Gasteiger partial charge in [-0.1, -0.05) is 48.5 Å². The van der Waals surface area contributed by atoms with Gasteiger partial charge in [0.15, 0.2) is 5.60 Å². The van der Waals surface area contributed by atoms with Crippen LogP contribution in [0.25, 0.3) is 11.1 Å². The lowest BCUT2D eigenvalue weighted by molar-refractivity contribution is -0.161. The fraction of sp³-hybridized carbons (Fsp3) is 0.346. The zero-order chi connectivity index (χ0) is 24.3. The highest BCUT2D eigenvalue weighted by Gasteiger charge is 2.47. The summed E-state index contributed by atoms with van der Waals surface area (Å²) in [7, 11) is 1.30. The number of likely N-dealkylation sites (tertiary alicyclic amines) is 1. The number of hydrogen-bond donors (Lipinski definition) is 2. The Kier molecular flexibility index (Phi) is 6.57. The van der Waals surface area contributed by atoms with Gasteiger partial charge in [0.1, 0.15) is 12.6 Å². The number of carboxylic acids is 1. The molecule has 1 heterocycles. The fourth-order valence-corrected chi connectivity index (χ4v) is 4.72. The molecule has 2 N–H and O–H groups in total. The van der Waals surface area contributed by atoms with Gasteiger partial charge < -0.3 is 24.8 Å². The number of aliphatic carboxylic acids is 1. The van der Waals surface area contributed by atoms with Crippen LogP contribution in [0.15, 0.2) is 48.5 Å². The lowest BCUT2D eigenvalue weighted by atomic mass is 9.98. The van der Waals surface area contributed by atoms with Crippen molar-refractivity contribution in [2.45, 2.75) is 30.4 Å². The molecular weight excluding hydrogens is 436 g/mol. The first kappa shape index (κ1) is 23.3. The lowest BCUT2D eigenvalue weighted by Crippen LogP contribution is -2.50. The zero-order valence-electron chi connectivity index (χ0n) is 18.8. The molecule has 0 radical (unpaired) electrons. The third-order valence-corrected chi connectivity index (χ3v) is 6.58. The maximum absolute atomic E-state index is 13.0. The Hall–Kier alpha value is -3.83. The number of ether oxygens (including phenoxy) is 2. The van der Waals surface area contributed by atoms with Gasteiger partial charge in [-0.05, 0) is 22.3 Å². The van der Waals surface area contributed by atoms with E-state index in [1.54, 1.807) is 0 Å². The smallest absolute Gasteiger partial charge is 0.407 e. The van der Waals surface area contributed by atoms with Crippen molar-refractivity contribution in [3.8, 4) is 23.5 Å². The van der Waals surface area contributed by atoms with E-state index in [2.05, 4.69) is 11.2 Å². The first-order valence-electron chi connectivity index (χ1n) is 11.0. The van der Waals surface area contributed by atoms with Crippen LogP contribution in [-0.2, 0) is 19.1 Å². The molecule has 0 bridgehead atoms. The fourth-order valence-electron chi connectivity index (χ4n) is 4.72. The molecule has 2 unspecified atom stereocenters. The van der Waals surface area contributed by atoms with Gasteiger partial charge >= 0.3 is 12.1 Å². The summed E-state index contributed by atoms with van der Waals surface area (Å²) >= 11 is 0. The number of nitrogens with zero attached hydrogens (tertiary/aromatic N) is 1. The van der Waals surface area contributed by atoms with Gasteiger partial charge in [-0.3, -0.25) is 4.79 Å². The Morgan fingerprint density at radius 1 is 1.18 bits per heavy atom. The van der Waals surface area contributed by atoms with Crippen LogP contribution in [0.5, 0.6) is 0 Å². The minimum Gasteiger partial charge on any atom is -0.479 e. The van der Waals surface area contributed by atoms with Crippen LogP contribution in [0.2, 0.25) is 0 Å². The Morgan fingerprint density at radius 3 is 2.32 bits per heavy atom. The number of alkyl carbamates (subject to hydrolysis) is 1. The molecule has 4 rings (SSSR count). The highest BCUT2D eigenvalue weighted by molar-refractivity contribution is 5.88. The van der Waals surface area contributed by atoms with E-state index in [0.29, 0.717) is 0 Å². The average Bonchev–Trinajstić information content (AvgIpc) is 3.43. The van der Waals surface area contributed by atoms with Gasteiger partial charge in [0.05, 0.1) is 6.54 Å². The van der Waals surface area contributed by atoms with E-state index in [9.17, 15) is 19.5 Å². The highest BCUT2D eigenvalue weighted by Crippen LogP contribution is 2.44. The van der Waals surface area contributed by atoms with Gasteiger partial charge in [-0.15, -0.1) is 12.3 Å². The number of methoxy groups -OCH3 is 1. The van der Waals surface area contributed by atoms with Crippen molar-refractivity contribution in [1.29, 1.82) is 0 Å². The average molecular weight is 463 g/mol. The topological polar surface area (TPSA) is 105 Å². The van der Waals surface area contributed by atoms with E-state index < -0.39 is 29.6 Å². The zero-order valence-corrected chi connectivity index (χ0v) is 18.8. The predicted octanol–water partition coefficient (Wildman–Crippen LogP) is 2.62. The second-order valence-corrected chi connectivity index (χ2v) is 8.44. The van der Waals surface area contributed by atoms with E-state index in [1.807, 2.05) is 48.5 Å². The van der Waals surface area contributed by atoms with Crippen molar-refractivity contribution in [3.63, 3.8) is 0 Å². The number of benzene rings is 2. The van der Waals surface area contributed by atoms with E-state index in [1.165, 1.54) is 12.0 Å². The first-order chi connectivity index (χ1) is 16.4. The first-order valence-corrected chi connectivity index (χ1v) is 11.0. The number of carboxylic acid groups (broad SMARTS) is 1. The van der Waals surface area contributed by atoms with Crippen LogP contribution >= 0.6 is 0 Å². The number of carbonyl (C=O) groups is 3. The Bertz CT molecular complexity index is 1110. The summed E-state index contributed by atoms with van der Waals surface area (Å²) in [6, 6.07) is 15.0. The Morgan fingerprint density at radius 2 is 1.79 bits per heavy atom. The Balaban J connectivity index is 1.41. The molecule has 2 amide bonds. The number of nitrogens with one attached hydrogen (secondary N) is 1. The molecule has 1 aliphatic carbocycles. The molecule has 2 aliphatic rings. The van der Waals surface area contributed by atoms with Crippen LogP contribution in [0.4, 0.5) is 4.79 Å². The molecular formula is C26H26N2O6. The molecule has 2 atom stereocenters. The SMILES string of the molecule is C#CCC(NC(=O)OCC1c2ccccc2-c2ccccc21)C(=O)N1CCC(OC)(C(=O)O)C1. The van der Waals surface area contributed by atoms with Crippen molar-refractivity contribution in [1.82, 2.24) is 10.2 Å². The maximum Gasteiger partial charge on any atom is 0.407 e. The highest BCUT2D eigenvalue weighted by atomic mass is 16.5. The largest absolute Gasteiger partial charge is 0.479 e. The molecule has 8 nitrogen and oxygen atoms in total. The van der Waals surface area contributed by atoms with Gasteiger partial charge in [0.25, 0.3) is 0 Å². The summed E-state index contributed by atoms with van der Waals surface area (Å²) in [5, 5.41) is 12.0. The normalized spacial score (nSPS) is 19.6. The molecule has 2 aromatic rings. The van der Waals surface area contributed by atoms with Crippen LogP contribution < -0.4 is 5.32 Å². The summed E-state index contributed by atoms with van der Waals surface area (Å²) in [4.78, 5) is 38.6. The quantitative estimate of drug-likeness (QED) is 0.613. The predicted molar refractivity (Wildman–Crippen MR) is 124 cm³/mol. The third-order valence-electron chi connectivity index (χ3n) is 6.58. The van der Waals surface area contributed by atoms with Crippen LogP contribution in [-0.4, -0.2) is 66.4 Å². The van der Waals surface area contributed by atoms with Gasteiger partial charge in [0.2, 0.25) is 5.91 Å². The van der Waals surface area contributed by atoms with Crippen molar-refractivity contribution in [2.24, 2.45) is 0 Å². The van der Waals surface area contributed by atoms with Crippen LogP contribution in [0.1, 0.15) is 29.9 Å². The van der Waals surface area contributed by atoms with Gasteiger partial charge in [-0.2, -0.15) is 0 Å². The van der Waals surface area contributed by atoms with Crippen LogP contribution in [0, 0.1) is 12.3 Å². The number of hydrogen-bond acceptors (Lipinski definition) is 5. The molecule has 0 aromatic heterocycles. The summed E-state index contributed by atoms with van der Waals surface area (Å²) in [6.45, 7) is 0.170. The van der Waals surface area contributed by atoms with Gasteiger partial charge in [0, 0.05) is 32.4 Å². The maximum atomic E-state index is 13.0. The minimum absolute atomic E-state index is 0.0490. The van der Waals surface area contributed by atoms with Crippen molar-refractivity contribution in [3.05, 3.63) is 59.7 Å². The molecule has 2 aromatic carbocycles. The molecule has 1 fully saturated rings. The number of amides is 2. The monoisotopic (exact) mass is 462 g/mol. The van der Waals surface area contributed by atoms with Crippen molar-refractivity contribution >= 4 is 18.0 Å². The summed E-state index contributed by atoms with van der Waals surface area (Å²) in [6.07, 6.45) is 4.76. The molecule has 8 heteroatoms. The van der Waals surface area contributed by atoms with Gasteiger partial charge in [-0.25, -0.2) is 9.59 Å². The van der Waals surface area contributed by atoms with Crippen LogP contribution in [0.3, 0.4) is 0 Å². The Labute approximate surface area is 197 Å². The number of terminal acetylenes is 1. The third kappa shape index (κ3) is 4.22. The van der Waals surface area contributed by atoms with E-state index in [0.717, 1.165) is 22.3 Å². The summed E-state index contributed by atoms with van der Waals surface area (Å²) < 4.78 is 10.7. The van der Waals surface area contributed by atoms with E-state index in [-0.39, 0.29) is 38.5 Å². The summed E-state index contributed by atoms with van der Waals surface area (Å²) in [5.41, 5.74) is 2.92. The minimum atomic E-state index is -1.46. The summed E-state index contributed by atoms with van der Waals surface area (Å²) in [5.74, 6) is 0.677.